The molecule has 0 spiro atoms. The number of aromatic nitrogens is 3. The first kappa shape index (κ1) is 14.2. The summed E-state index contributed by atoms with van der Waals surface area (Å²) in [5.41, 5.74) is 0.617. The maximum atomic E-state index is 12.6. The van der Waals surface area contributed by atoms with Crippen molar-refractivity contribution in [3.05, 3.63) is 60.2 Å². The predicted octanol–water partition coefficient (Wildman–Crippen LogP) is 3.62. The topological polar surface area (TPSA) is 47.9 Å². The minimum absolute atomic E-state index is 0.0794. The van der Waals surface area contributed by atoms with Crippen molar-refractivity contribution in [2.45, 2.75) is 12.8 Å². The lowest BCUT2D eigenvalue weighted by molar-refractivity contribution is -0.141. The minimum Gasteiger partial charge on any atom is -0.486 e. The van der Waals surface area contributed by atoms with Crippen LogP contribution in [-0.4, -0.2) is 15.0 Å². The van der Waals surface area contributed by atoms with Crippen LogP contribution in [0.2, 0.25) is 0 Å². The molecule has 0 amide bonds. The normalized spacial score (nSPS) is 11.6. The van der Waals surface area contributed by atoms with Crippen molar-refractivity contribution < 1.29 is 17.9 Å². The smallest absolute Gasteiger partial charge is 0.433 e. The van der Waals surface area contributed by atoms with Crippen LogP contribution in [0.1, 0.15) is 11.4 Å². The Morgan fingerprint density at radius 1 is 1.00 bits per heavy atom. The molecule has 0 N–H and O–H groups in total. The molecule has 0 fully saturated rings. The quantitative estimate of drug-likeness (QED) is 0.741. The Balaban J connectivity index is 1.76. The molecule has 3 rings (SSSR count). The van der Waals surface area contributed by atoms with Gasteiger partial charge in [-0.1, -0.05) is 6.07 Å². The third-order valence-corrected chi connectivity index (χ3v) is 2.91. The highest BCUT2D eigenvalue weighted by Gasteiger charge is 2.32. The van der Waals surface area contributed by atoms with Crippen molar-refractivity contribution in [1.82, 2.24) is 15.0 Å². The van der Waals surface area contributed by atoms with Crippen LogP contribution in [0.25, 0.3) is 11.0 Å². The second-order valence-electron chi connectivity index (χ2n) is 4.51. The van der Waals surface area contributed by atoms with E-state index < -0.39 is 11.9 Å². The van der Waals surface area contributed by atoms with E-state index in [4.69, 9.17) is 4.74 Å². The molecule has 0 unspecified atom stereocenters. The van der Waals surface area contributed by atoms with Crippen molar-refractivity contribution in [1.29, 1.82) is 0 Å². The number of alkyl halides is 3. The summed E-state index contributed by atoms with van der Waals surface area (Å²) in [6.07, 6.45) is -1.34. The molecule has 112 valence electrons. The highest BCUT2D eigenvalue weighted by Crippen LogP contribution is 2.27. The first-order valence-corrected chi connectivity index (χ1v) is 6.39. The zero-order chi connectivity index (χ0) is 15.6. The summed E-state index contributed by atoms with van der Waals surface area (Å²) in [4.78, 5) is 11.8. The van der Waals surface area contributed by atoms with Crippen molar-refractivity contribution in [2.24, 2.45) is 0 Å². The molecule has 0 radical (unpaired) electrons. The number of halogens is 3. The summed E-state index contributed by atoms with van der Waals surface area (Å²) in [6, 6.07) is 8.94. The van der Waals surface area contributed by atoms with Gasteiger partial charge in [0.15, 0.2) is 0 Å². The number of nitrogens with zero attached hydrogens (tertiary/aromatic N) is 3. The van der Waals surface area contributed by atoms with Gasteiger partial charge in [0.25, 0.3) is 0 Å². The molecule has 0 aliphatic rings. The van der Waals surface area contributed by atoms with Gasteiger partial charge in [-0.2, -0.15) is 13.2 Å². The van der Waals surface area contributed by atoms with Crippen LogP contribution < -0.4 is 4.74 Å². The molecule has 0 atom stereocenters. The standard InChI is InChI=1S/C15H10F3N3O/c16-15(17,18)14-5-1-3-10(21-14)9-22-11-7-13-12(20-8-11)4-2-6-19-13/h1-8H,9H2. The van der Waals surface area contributed by atoms with Crippen LogP contribution in [0.3, 0.4) is 0 Å². The average Bonchev–Trinajstić information content (AvgIpc) is 2.52. The fourth-order valence-corrected chi connectivity index (χ4v) is 1.89. The number of pyridine rings is 3. The molecule has 4 nitrogen and oxygen atoms in total. The van der Waals surface area contributed by atoms with Crippen LogP contribution in [0.4, 0.5) is 13.2 Å². The SMILES string of the molecule is FC(F)(F)c1cccc(COc2cnc3cccnc3c2)n1. The van der Waals surface area contributed by atoms with Gasteiger partial charge in [0.2, 0.25) is 0 Å². The number of fused-ring (bicyclic) bond motifs is 1. The van der Waals surface area contributed by atoms with Gasteiger partial charge in [-0.25, -0.2) is 4.98 Å². The summed E-state index contributed by atoms with van der Waals surface area (Å²) in [6.45, 7) is -0.0794. The summed E-state index contributed by atoms with van der Waals surface area (Å²) < 4.78 is 43.2. The van der Waals surface area contributed by atoms with Crippen LogP contribution in [-0.2, 0) is 12.8 Å². The Morgan fingerprint density at radius 3 is 2.68 bits per heavy atom. The molecular formula is C15H10F3N3O. The molecule has 0 aliphatic heterocycles. The van der Waals surface area contributed by atoms with Crippen molar-refractivity contribution in [3.63, 3.8) is 0 Å². The second kappa shape index (κ2) is 5.59. The molecule has 0 bridgehead atoms. The Kier molecular flexibility index (Phi) is 3.62. The molecular weight excluding hydrogens is 295 g/mol. The molecule has 0 aromatic carbocycles. The fraction of sp³-hybridized carbons (Fsp3) is 0.133. The van der Waals surface area contributed by atoms with Crippen LogP contribution in [0.15, 0.2) is 48.8 Å². The largest absolute Gasteiger partial charge is 0.486 e. The lowest BCUT2D eigenvalue weighted by atomic mass is 10.3. The third kappa shape index (κ3) is 3.13. The van der Waals surface area contributed by atoms with Crippen molar-refractivity contribution in [2.75, 3.05) is 0 Å². The van der Waals surface area contributed by atoms with Crippen molar-refractivity contribution >= 4 is 11.0 Å². The van der Waals surface area contributed by atoms with Gasteiger partial charge in [-0.15, -0.1) is 0 Å². The molecule has 3 heterocycles. The highest BCUT2D eigenvalue weighted by molar-refractivity contribution is 5.74. The highest BCUT2D eigenvalue weighted by atomic mass is 19.4. The molecule has 7 heteroatoms. The fourth-order valence-electron chi connectivity index (χ4n) is 1.89. The molecule has 3 aromatic heterocycles. The average molecular weight is 305 g/mol. The number of hydrogen-bond donors (Lipinski definition) is 0. The summed E-state index contributed by atoms with van der Waals surface area (Å²) in [7, 11) is 0. The van der Waals surface area contributed by atoms with E-state index >= 15 is 0 Å². The van der Waals surface area contributed by atoms with Gasteiger partial charge < -0.3 is 4.74 Å². The zero-order valence-electron chi connectivity index (χ0n) is 11.2. The summed E-state index contributed by atoms with van der Waals surface area (Å²) in [5, 5.41) is 0. The van der Waals surface area contributed by atoms with E-state index in [1.165, 1.54) is 18.3 Å². The minimum atomic E-state index is -4.47. The van der Waals surface area contributed by atoms with E-state index in [9.17, 15) is 13.2 Å². The van der Waals surface area contributed by atoms with E-state index in [0.717, 1.165) is 6.07 Å². The van der Waals surface area contributed by atoms with E-state index in [-0.39, 0.29) is 12.3 Å². The van der Waals surface area contributed by atoms with Gasteiger partial charge in [-0.3, -0.25) is 9.97 Å². The molecule has 0 aliphatic carbocycles. The van der Waals surface area contributed by atoms with E-state index in [2.05, 4.69) is 15.0 Å². The van der Waals surface area contributed by atoms with Crippen LogP contribution in [0.5, 0.6) is 5.75 Å². The van der Waals surface area contributed by atoms with Crippen molar-refractivity contribution in [3.8, 4) is 5.75 Å². The number of hydrogen-bond acceptors (Lipinski definition) is 4. The lowest BCUT2D eigenvalue weighted by Crippen LogP contribution is -2.10. The Hall–Kier alpha value is -2.70. The molecule has 3 aromatic rings. The Bertz CT molecular complexity index is 805. The van der Waals surface area contributed by atoms with Crippen LogP contribution in [0, 0.1) is 0 Å². The maximum Gasteiger partial charge on any atom is 0.433 e. The predicted molar refractivity (Wildman–Crippen MR) is 73.1 cm³/mol. The van der Waals surface area contributed by atoms with Gasteiger partial charge in [0.1, 0.15) is 18.1 Å². The maximum absolute atomic E-state index is 12.6. The lowest BCUT2D eigenvalue weighted by Gasteiger charge is -2.09. The van der Waals surface area contributed by atoms with Gasteiger partial charge in [-0.05, 0) is 24.3 Å². The van der Waals surface area contributed by atoms with E-state index in [0.29, 0.717) is 16.8 Å². The first-order valence-electron chi connectivity index (χ1n) is 6.39. The molecule has 22 heavy (non-hydrogen) atoms. The number of ether oxygens (including phenoxy) is 1. The molecule has 0 saturated carbocycles. The van der Waals surface area contributed by atoms with E-state index in [1.807, 2.05) is 0 Å². The third-order valence-electron chi connectivity index (χ3n) is 2.91. The molecule has 0 saturated heterocycles. The van der Waals surface area contributed by atoms with Gasteiger partial charge in [0, 0.05) is 12.3 Å². The monoisotopic (exact) mass is 305 g/mol. The Labute approximate surface area is 123 Å². The van der Waals surface area contributed by atoms with Crippen LogP contribution >= 0.6 is 0 Å². The number of rotatable bonds is 3. The Morgan fingerprint density at radius 2 is 1.86 bits per heavy atom. The summed E-state index contributed by atoms with van der Waals surface area (Å²) in [5.74, 6) is 0.422. The van der Waals surface area contributed by atoms with E-state index in [1.54, 1.807) is 24.4 Å². The first-order chi connectivity index (χ1) is 10.5. The van der Waals surface area contributed by atoms with Gasteiger partial charge >= 0.3 is 6.18 Å². The second-order valence-corrected chi connectivity index (χ2v) is 4.51. The summed E-state index contributed by atoms with van der Waals surface area (Å²) >= 11 is 0. The van der Waals surface area contributed by atoms with Gasteiger partial charge in [0.05, 0.1) is 22.9 Å². The zero-order valence-corrected chi connectivity index (χ0v) is 11.2.